The van der Waals surface area contributed by atoms with E-state index in [9.17, 15) is 4.79 Å². The lowest BCUT2D eigenvalue weighted by molar-refractivity contribution is -0.121. The van der Waals surface area contributed by atoms with Crippen LogP contribution in [0.2, 0.25) is 0 Å². The summed E-state index contributed by atoms with van der Waals surface area (Å²) in [6.45, 7) is 3.17. The molecule has 0 bridgehead atoms. The minimum atomic E-state index is 0.158. The molecule has 1 amide bonds. The van der Waals surface area contributed by atoms with E-state index in [1.54, 1.807) is 0 Å². The Kier molecular flexibility index (Phi) is 8.38. The molecule has 1 aromatic rings. The van der Waals surface area contributed by atoms with Crippen LogP contribution in [0.4, 0.5) is 0 Å². The van der Waals surface area contributed by atoms with Gasteiger partial charge in [0.2, 0.25) is 5.91 Å². The number of unbranched alkanes of at least 4 members (excludes halogenated alkanes) is 1. The minimum absolute atomic E-state index is 0.158. The fraction of sp³-hybridized carbons (Fsp3) is 0.588. The van der Waals surface area contributed by atoms with E-state index in [1.165, 1.54) is 5.56 Å². The smallest absolute Gasteiger partial charge is 0.221 e. The van der Waals surface area contributed by atoms with Gasteiger partial charge in [0.25, 0.3) is 0 Å². The van der Waals surface area contributed by atoms with Crippen molar-refractivity contribution in [2.45, 2.75) is 31.9 Å². The van der Waals surface area contributed by atoms with Crippen molar-refractivity contribution >= 4 is 17.7 Å². The summed E-state index contributed by atoms with van der Waals surface area (Å²) >= 11 is 1.92. The van der Waals surface area contributed by atoms with E-state index in [4.69, 9.17) is 4.74 Å². The van der Waals surface area contributed by atoms with Crippen molar-refractivity contribution in [2.75, 3.05) is 31.2 Å². The van der Waals surface area contributed by atoms with Gasteiger partial charge in [-0.1, -0.05) is 30.3 Å². The zero-order valence-corrected chi connectivity index (χ0v) is 13.9. The summed E-state index contributed by atoms with van der Waals surface area (Å²) in [6.07, 6.45) is 2.54. The Morgan fingerprint density at radius 1 is 1.32 bits per heavy atom. The molecular formula is C17H26N2O2S. The van der Waals surface area contributed by atoms with Crippen molar-refractivity contribution < 1.29 is 9.53 Å². The van der Waals surface area contributed by atoms with Crippen molar-refractivity contribution in [3.05, 3.63) is 35.9 Å². The second kappa shape index (κ2) is 10.6. The molecule has 1 aliphatic rings. The molecule has 0 aliphatic carbocycles. The molecule has 0 spiro atoms. The molecule has 1 aliphatic heterocycles. The maximum atomic E-state index is 11.8. The summed E-state index contributed by atoms with van der Waals surface area (Å²) in [4.78, 5) is 11.8. The monoisotopic (exact) mass is 322 g/mol. The zero-order valence-electron chi connectivity index (χ0n) is 13.1. The number of amides is 1. The first kappa shape index (κ1) is 17.3. The second-order valence-corrected chi connectivity index (χ2v) is 6.68. The Hall–Kier alpha value is -1.04. The van der Waals surface area contributed by atoms with Crippen LogP contribution < -0.4 is 10.6 Å². The van der Waals surface area contributed by atoms with Gasteiger partial charge >= 0.3 is 0 Å². The van der Waals surface area contributed by atoms with Gasteiger partial charge in [0.1, 0.15) is 0 Å². The third kappa shape index (κ3) is 7.29. The molecule has 1 aromatic carbocycles. The summed E-state index contributed by atoms with van der Waals surface area (Å²) in [5.74, 6) is 2.35. The summed E-state index contributed by atoms with van der Waals surface area (Å²) in [5.41, 5.74) is 1.20. The number of hydrogen-bond acceptors (Lipinski definition) is 4. The van der Waals surface area contributed by atoms with Crippen molar-refractivity contribution in [3.8, 4) is 0 Å². The van der Waals surface area contributed by atoms with Crippen LogP contribution in [0, 0.1) is 0 Å². The van der Waals surface area contributed by atoms with Crippen LogP contribution in [0.5, 0.6) is 0 Å². The maximum absolute atomic E-state index is 11.8. The fourth-order valence-electron chi connectivity index (χ4n) is 2.37. The van der Waals surface area contributed by atoms with Gasteiger partial charge in [0.15, 0.2) is 0 Å². The lowest BCUT2D eigenvalue weighted by atomic mass is 10.2. The van der Waals surface area contributed by atoms with Gasteiger partial charge < -0.3 is 15.4 Å². The molecule has 2 N–H and O–H groups in total. The molecule has 1 heterocycles. The summed E-state index contributed by atoms with van der Waals surface area (Å²) < 4.78 is 5.62. The molecule has 1 fully saturated rings. The molecule has 1 unspecified atom stereocenters. The van der Waals surface area contributed by atoms with Crippen LogP contribution in [0.25, 0.3) is 0 Å². The van der Waals surface area contributed by atoms with E-state index in [0.29, 0.717) is 19.1 Å². The highest BCUT2D eigenvalue weighted by Crippen LogP contribution is 2.09. The minimum Gasteiger partial charge on any atom is -0.377 e. The molecule has 1 saturated heterocycles. The SMILES string of the molecule is O=C(CC1CSCCN1)NCCCCOCc1ccccc1. The zero-order chi connectivity index (χ0) is 15.5. The summed E-state index contributed by atoms with van der Waals surface area (Å²) in [7, 11) is 0. The van der Waals surface area contributed by atoms with Crippen LogP contribution in [0.15, 0.2) is 30.3 Å². The van der Waals surface area contributed by atoms with E-state index in [1.807, 2.05) is 30.0 Å². The van der Waals surface area contributed by atoms with E-state index < -0.39 is 0 Å². The second-order valence-electron chi connectivity index (χ2n) is 5.53. The first-order chi connectivity index (χ1) is 10.8. The standard InChI is InChI=1S/C17H26N2O2S/c20-17(12-16-14-22-11-9-18-16)19-8-4-5-10-21-13-15-6-2-1-3-7-15/h1-3,6-7,16,18H,4-5,8-14H2,(H,19,20). The number of carbonyl (C=O) groups is 1. The highest BCUT2D eigenvalue weighted by atomic mass is 32.2. The number of thioether (sulfide) groups is 1. The Labute approximate surface area is 137 Å². The molecular weight excluding hydrogens is 296 g/mol. The Balaban J connectivity index is 1.42. The predicted octanol–water partition coefficient (Wildman–Crippen LogP) is 2.19. The number of ether oxygens (including phenoxy) is 1. The van der Waals surface area contributed by atoms with Crippen LogP contribution in [0.3, 0.4) is 0 Å². The number of hydrogen-bond donors (Lipinski definition) is 2. The molecule has 2 rings (SSSR count). The van der Waals surface area contributed by atoms with Gasteiger partial charge in [-0.05, 0) is 18.4 Å². The Morgan fingerprint density at radius 2 is 2.18 bits per heavy atom. The van der Waals surface area contributed by atoms with Gasteiger partial charge in [-0.2, -0.15) is 11.8 Å². The number of benzene rings is 1. The summed E-state index contributed by atoms with van der Waals surface area (Å²) in [6, 6.07) is 10.5. The van der Waals surface area contributed by atoms with Crippen LogP contribution in [-0.2, 0) is 16.1 Å². The number of nitrogens with one attached hydrogen (secondary N) is 2. The first-order valence-corrected chi connectivity index (χ1v) is 9.19. The van der Waals surface area contributed by atoms with Crippen molar-refractivity contribution in [2.24, 2.45) is 0 Å². The largest absolute Gasteiger partial charge is 0.377 e. The fourth-order valence-corrected chi connectivity index (χ4v) is 3.32. The van der Waals surface area contributed by atoms with E-state index in [2.05, 4.69) is 22.8 Å². The molecule has 122 valence electrons. The molecule has 5 heteroatoms. The number of carbonyl (C=O) groups excluding carboxylic acids is 1. The lowest BCUT2D eigenvalue weighted by Gasteiger charge is -2.22. The Morgan fingerprint density at radius 3 is 2.95 bits per heavy atom. The van der Waals surface area contributed by atoms with E-state index >= 15 is 0 Å². The Bertz CT molecular complexity index is 422. The van der Waals surface area contributed by atoms with Gasteiger partial charge in [-0.15, -0.1) is 0 Å². The lowest BCUT2D eigenvalue weighted by Crippen LogP contribution is -2.41. The topological polar surface area (TPSA) is 50.4 Å². The third-order valence-electron chi connectivity index (χ3n) is 3.58. The predicted molar refractivity (Wildman–Crippen MR) is 92.1 cm³/mol. The van der Waals surface area contributed by atoms with Crippen molar-refractivity contribution in [3.63, 3.8) is 0 Å². The van der Waals surface area contributed by atoms with Gasteiger partial charge in [-0.25, -0.2) is 0 Å². The van der Waals surface area contributed by atoms with Crippen LogP contribution in [0.1, 0.15) is 24.8 Å². The van der Waals surface area contributed by atoms with Crippen LogP contribution in [-0.4, -0.2) is 43.2 Å². The average Bonchev–Trinajstić information content (AvgIpc) is 2.56. The molecule has 22 heavy (non-hydrogen) atoms. The van der Waals surface area contributed by atoms with Crippen LogP contribution >= 0.6 is 11.8 Å². The van der Waals surface area contributed by atoms with E-state index in [-0.39, 0.29) is 5.91 Å². The highest BCUT2D eigenvalue weighted by molar-refractivity contribution is 7.99. The normalized spacial score (nSPS) is 18.1. The molecule has 0 saturated carbocycles. The highest BCUT2D eigenvalue weighted by Gasteiger charge is 2.16. The van der Waals surface area contributed by atoms with Crippen molar-refractivity contribution in [1.29, 1.82) is 0 Å². The van der Waals surface area contributed by atoms with E-state index in [0.717, 1.165) is 44.0 Å². The van der Waals surface area contributed by atoms with Gasteiger partial charge in [-0.3, -0.25) is 4.79 Å². The molecule has 0 aromatic heterocycles. The maximum Gasteiger partial charge on any atom is 0.221 e. The van der Waals surface area contributed by atoms with Gasteiger partial charge in [0.05, 0.1) is 6.61 Å². The quantitative estimate of drug-likeness (QED) is 0.684. The molecule has 1 atom stereocenters. The summed E-state index contributed by atoms with van der Waals surface area (Å²) in [5, 5.41) is 6.38. The number of rotatable bonds is 9. The molecule has 0 radical (unpaired) electrons. The molecule has 4 nitrogen and oxygen atoms in total. The third-order valence-corrected chi connectivity index (χ3v) is 4.71. The van der Waals surface area contributed by atoms with Gasteiger partial charge in [0, 0.05) is 43.7 Å². The first-order valence-electron chi connectivity index (χ1n) is 8.04. The van der Waals surface area contributed by atoms with Crippen molar-refractivity contribution in [1.82, 2.24) is 10.6 Å². The average molecular weight is 322 g/mol.